The number of carboxylic acid groups (broad SMARTS) is 2. The first kappa shape index (κ1) is 19.5. The van der Waals surface area contributed by atoms with Crippen LogP contribution < -0.4 is 10.1 Å². The maximum atomic E-state index is 9.10. The number of hydrogen-bond donors (Lipinski definition) is 3. The Balaban J connectivity index is 0.000000413. The number of ether oxygens (including phenoxy) is 1. The van der Waals surface area contributed by atoms with Crippen molar-refractivity contribution < 1.29 is 24.5 Å². The molecule has 3 N–H and O–H groups in total. The number of benzene rings is 2. The van der Waals surface area contributed by atoms with Crippen LogP contribution in [0, 0.1) is 0 Å². The maximum Gasteiger partial charge on any atom is 0.414 e. The minimum absolute atomic E-state index is 0.770. The van der Waals surface area contributed by atoms with Gasteiger partial charge in [-0.05, 0) is 23.8 Å². The number of carboxylic acids is 2. The molecule has 2 rings (SSSR count). The molecule has 0 radical (unpaired) electrons. The van der Waals surface area contributed by atoms with Gasteiger partial charge in [-0.1, -0.05) is 41.9 Å². The first-order valence-corrected chi connectivity index (χ1v) is 7.35. The molecule has 0 aliphatic heterocycles. The van der Waals surface area contributed by atoms with Crippen LogP contribution in [0.3, 0.4) is 0 Å². The molecule has 0 aliphatic carbocycles. The van der Waals surface area contributed by atoms with Crippen molar-refractivity contribution in [1.29, 1.82) is 0 Å². The van der Waals surface area contributed by atoms with Crippen molar-refractivity contribution in [3.05, 3.63) is 64.7 Å². The molecule has 0 amide bonds. The van der Waals surface area contributed by atoms with Crippen LogP contribution >= 0.6 is 11.6 Å². The van der Waals surface area contributed by atoms with Crippen molar-refractivity contribution in [3.8, 4) is 5.75 Å². The van der Waals surface area contributed by atoms with Gasteiger partial charge in [0.25, 0.3) is 0 Å². The Bertz CT molecular complexity index is 678. The lowest BCUT2D eigenvalue weighted by atomic mass is 10.2. The summed E-state index contributed by atoms with van der Waals surface area (Å²) >= 11 is 5.94. The number of halogens is 1. The van der Waals surface area contributed by atoms with Gasteiger partial charge in [-0.25, -0.2) is 9.59 Å². The van der Waals surface area contributed by atoms with E-state index in [9.17, 15) is 0 Å². The molecule has 0 aromatic heterocycles. The maximum absolute atomic E-state index is 9.10. The monoisotopic (exact) mass is 351 g/mol. The second-order valence-corrected chi connectivity index (χ2v) is 5.09. The van der Waals surface area contributed by atoms with Crippen molar-refractivity contribution in [3.63, 3.8) is 0 Å². The number of carbonyl (C=O) groups is 2. The quantitative estimate of drug-likeness (QED) is 0.717. The Morgan fingerprint density at radius 1 is 1.04 bits per heavy atom. The number of rotatable bonds is 5. The molecule has 0 heterocycles. The van der Waals surface area contributed by atoms with E-state index in [0.29, 0.717) is 0 Å². The first-order chi connectivity index (χ1) is 11.4. The van der Waals surface area contributed by atoms with Gasteiger partial charge in [-0.15, -0.1) is 0 Å². The molecule has 2 aromatic rings. The lowest BCUT2D eigenvalue weighted by Gasteiger charge is -2.09. The average Bonchev–Trinajstić information content (AvgIpc) is 2.56. The molecular weight excluding hydrogens is 334 g/mol. The molecular formula is C17H18ClNO5. The third-order valence-corrected chi connectivity index (χ3v) is 3.14. The molecule has 0 saturated carbocycles. The fourth-order valence-corrected chi connectivity index (χ4v) is 2.05. The van der Waals surface area contributed by atoms with Crippen molar-refractivity contribution in [1.82, 2.24) is 5.32 Å². The third-order valence-electron chi connectivity index (χ3n) is 2.91. The van der Waals surface area contributed by atoms with E-state index in [2.05, 4.69) is 17.4 Å². The highest BCUT2D eigenvalue weighted by Gasteiger charge is 2.04. The molecule has 128 valence electrons. The van der Waals surface area contributed by atoms with E-state index in [0.717, 1.165) is 29.4 Å². The molecule has 2 aromatic carbocycles. The van der Waals surface area contributed by atoms with Crippen LogP contribution in [0.15, 0.2) is 48.5 Å². The van der Waals surface area contributed by atoms with Crippen LogP contribution in [-0.2, 0) is 22.7 Å². The number of para-hydroxylation sites is 1. The van der Waals surface area contributed by atoms with Crippen molar-refractivity contribution >= 4 is 23.5 Å². The van der Waals surface area contributed by atoms with Crippen LogP contribution in [0.5, 0.6) is 5.75 Å². The Kier molecular flexibility index (Phi) is 8.32. The van der Waals surface area contributed by atoms with Crippen LogP contribution in [0.1, 0.15) is 11.1 Å². The fraction of sp³-hybridized carbons (Fsp3) is 0.176. The standard InChI is InChI=1S/C15H16ClNO.C2H2O4/c1-18-15-8-3-2-6-13(15)11-17-10-12-5-4-7-14(16)9-12;3-1(4)2(5)6/h2-9,17H,10-11H2,1H3;(H,3,4)(H,5,6). The van der Waals surface area contributed by atoms with Gasteiger partial charge in [0.15, 0.2) is 0 Å². The summed E-state index contributed by atoms with van der Waals surface area (Å²) in [6, 6.07) is 15.9. The highest BCUT2D eigenvalue weighted by Crippen LogP contribution is 2.17. The van der Waals surface area contributed by atoms with Gasteiger partial charge in [0.1, 0.15) is 5.75 Å². The highest BCUT2D eigenvalue weighted by molar-refractivity contribution is 6.30. The minimum atomic E-state index is -1.82. The zero-order valence-electron chi connectivity index (χ0n) is 13.0. The van der Waals surface area contributed by atoms with E-state index in [1.54, 1.807) is 7.11 Å². The van der Waals surface area contributed by atoms with Gasteiger partial charge in [-0.3, -0.25) is 0 Å². The van der Waals surface area contributed by atoms with Gasteiger partial charge in [0.05, 0.1) is 7.11 Å². The Hall–Kier alpha value is -2.57. The summed E-state index contributed by atoms with van der Waals surface area (Å²) in [6.45, 7) is 1.56. The lowest BCUT2D eigenvalue weighted by molar-refractivity contribution is -0.159. The second kappa shape index (κ2) is 10.3. The van der Waals surface area contributed by atoms with Gasteiger partial charge < -0.3 is 20.3 Å². The molecule has 0 saturated heterocycles. The van der Waals surface area contributed by atoms with E-state index in [4.69, 9.17) is 36.1 Å². The first-order valence-electron chi connectivity index (χ1n) is 6.97. The largest absolute Gasteiger partial charge is 0.496 e. The highest BCUT2D eigenvalue weighted by atomic mass is 35.5. The SMILES string of the molecule is COc1ccccc1CNCc1cccc(Cl)c1.O=C(O)C(=O)O. The van der Waals surface area contributed by atoms with Crippen molar-refractivity contribution in [2.75, 3.05) is 7.11 Å². The van der Waals surface area contributed by atoms with Crippen LogP contribution in [0.25, 0.3) is 0 Å². The normalized spacial score (nSPS) is 9.58. The van der Waals surface area contributed by atoms with Gasteiger partial charge in [0.2, 0.25) is 0 Å². The summed E-state index contributed by atoms with van der Waals surface area (Å²) < 4.78 is 5.31. The van der Waals surface area contributed by atoms with Crippen LogP contribution in [-0.4, -0.2) is 29.3 Å². The molecule has 7 heteroatoms. The second-order valence-electron chi connectivity index (χ2n) is 4.66. The number of nitrogens with one attached hydrogen (secondary N) is 1. The summed E-state index contributed by atoms with van der Waals surface area (Å²) in [7, 11) is 1.69. The summed E-state index contributed by atoms with van der Waals surface area (Å²) in [6.07, 6.45) is 0. The topological polar surface area (TPSA) is 95.9 Å². The van der Waals surface area contributed by atoms with E-state index < -0.39 is 11.9 Å². The van der Waals surface area contributed by atoms with Crippen LogP contribution in [0.4, 0.5) is 0 Å². The molecule has 0 spiro atoms. The number of aliphatic carboxylic acids is 2. The summed E-state index contributed by atoms with van der Waals surface area (Å²) in [5, 5.41) is 18.9. The molecule has 0 unspecified atom stereocenters. The summed E-state index contributed by atoms with van der Waals surface area (Å²) in [4.78, 5) is 18.2. The predicted octanol–water partition coefficient (Wildman–Crippen LogP) is 2.79. The Labute approximate surface area is 144 Å². The van der Waals surface area contributed by atoms with Crippen molar-refractivity contribution in [2.24, 2.45) is 0 Å². The number of methoxy groups -OCH3 is 1. The summed E-state index contributed by atoms with van der Waals surface area (Å²) in [5.74, 6) is -2.74. The molecule has 6 nitrogen and oxygen atoms in total. The zero-order valence-corrected chi connectivity index (χ0v) is 13.8. The summed E-state index contributed by atoms with van der Waals surface area (Å²) in [5.41, 5.74) is 2.33. The number of hydrogen-bond acceptors (Lipinski definition) is 4. The van der Waals surface area contributed by atoms with E-state index in [1.807, 2.05) is 36.4 Å². The van der Waals surface area contributed by atoms with Crippen molar-refractivity contribution in [2.45, 2.75) is 13.1 Å². The fourth-order valence-electron chi connectivity index (χ4n) is 1.84. The molecule has 0 bridgehead atoms. The van der Waals surface area contributed by atoms with Gasteiger partial charge >= 0.3 is 11.9 Å². The third kappa shape index (κ3) is 7.13. The van der Waals surface area contributed by atoms with Crippen LogP contribution in [0.2, 0.25) is 5.02 Å². The molecule has 0 fully saturated rings. The van der Waals surface area contributed by atoms with E-state index >= 15 is 0 Å². The molecule has 0 aliphatic rings. The Morgan fingerprint density at radius 2 is 1.71 bits per heavy atom. The average molecular weight is 352 g/mol. The van der Waals surface area contributed by atoms with Gasteiger partial charge in [0, 0.05) is 23.7 Å². The van der Waals surface area contributed by atoms with E-state index in [1.165, 1.54) is 5.56 Å². The molecule has 0 atom stereocenters. The molecule has 24 heavy (non-hydrogen) atoms. The smallest absolute Gasteiger partial charge is 0.414 e. The zero-order chi connectivity index (χ0) is 17.9. The lowest BCUT2D eigenvalue weighted by Crippen LogP contribution is -2.13. The predicted molar refractivity (Wildman–Crippen MR) is 90.3 cm³/mol. The van der Waals surface area contributed by atoms with E-state index in [-0.39, 0.29) is 0 Å². The Morgan fingerprint density at radius 3 is 2.29 bits per heavy atom. The minimum Gasteiger partial charge on any atom is -0.496 e. The van der Waals surface area contributed by atoms with Gasteiger partial charge in [-0.2, -0.15) is 0 Å².